The van der Waals surface area contributed by atoms with Crippen LogP contribution in [0.3, 0.4) is 0 Å². The van der Waals surface area contributed by atoms with Crippen molar-refractivity contribution >= 4 is 11.7 Å². The van der Waals surface area contributed by atoms with Gasteiger partial charge in [0.05, 0.1) is 12.7 Å². The van der Waals surface area contributed by atoms with E-state index in [-0.39, 0.29) is 18.3 Å². The molecular formula is C15H18FN3O2. The van der Waals surface area contributed by atoms with Gasteiger partial charge in [-0.15, -0.1) is 0 Å². The van der Waals surface area contributed by atoms with Gasteiger partial charge in [0.1, 0.15) is 17.7 Å². The van der Waals surface area contributed by atoms with Gasteiger partial charge >= 0.3 is 0 Å². The molecule has 0 radical (unpaired) electrons. The average Bonchev–Trinajstić information content (AvgIpc) is 2.90. The molecule has 1 aromatic heterocycles. The van der Waals surface area contributed by atoms with Gasteiger partial charge in [-0.3, -0.25) is 4.79 Å². The summed E-state index contributed by atoms with van der Waals surface area (Å²) in [5, 5.41) is 6.86. The molecule has 0 aliphatic heterocycles. The van der Waals surface area contributed by atoms with Crippen LogP contribution in [0.1, 0.15) is 18.9 Å². The second-order valence-corrected chi connectivity index (χ2v) is 4.59. The zero-order chi connectivity index (χ0) is 15.2. The van der Waals surface area contributed by atoms with Crippen LogP contribution in [0.5, 0.6) is 0 Å². The number of aromatic nitrogens is 2. The number of methoxy groups -OCH3 is 1. The number of hydrogen-bond acceptors (Lipinski definition) is 3. The predicted molar refractivity (Wildman–Crippen MR) is 77.4 cm³/mol. The number of carbonyl (C=O) groups excluding carboxylic acids is 1. The van der Waals surface area contributed by atoms with E-state index in [1.54, 1.807) is 35.1 Å². The van der Waals surface area contributed by atoms with Gasteiger partial charge in [0, 0.05) is 18.7 Å². The van der Waals surface area contributed by atoms with Crippen LogP contribution in [0.15, 0.2) is 36.5 Å². The van der Waals surface area contributed by atoms with Gasteiger partial charge in [0.25, 0.3) is 5.91 Å². The summed E-state index contributed by atoms with van der Waals surface area (Å²) in [6.07, 6.45) is 1.62. The Hall–Kier alpha value is -2.21. The fraction of sp³-hybridized carbons (Fsp3) is 0.333. The number of anilines is 1. The first kappa shape index (κ1) is 15.2. The molecule has 0 unspecified atom stereocenters. The standard InChI is InChI=1S/C15H18FN3O2/c1-3-13(21-2)15(20)18-14-8-9-17-19(14)10-11-6-4-5-7-12(11)16/h4-9,13H,3,10H2,1-2H3,(H,18,20)/t13-/m1/s1. The summed E-state index contributed by atoms with van der Waals surface area (Å²) in [7, 11) is 1.49. The number of benzene rings is 1. The zero-order valence-corrected chi connectivity index (χ0v) is 12.0. The highest BCUT2D eigenvalue weighted by molar-refractivity contribution is 5.93. The number of rotatable bonds is 6. The first-order valence-corrected chi connectivity index (χ1v) is 6.74. The molecule has 1 N–H and O–H groups in total. The Morgan fingerprint density at radius 1 is 1.43 bits per heavy atom. The van der Waals surface area contributed by atoms with E-state index in [9.17, 15) is 9.18 Å². The largest absolute Gasteiger partial charge is 0.372 e. The SMILES string of the molecule is CC[C@@H](OC)C(=O)Nc1ccnn1Cc1ccccc1F. The van der Waals surface area contributed by atoms with Crippen LogP contribution in [0.4, 0.5) is 10.2 Å². The Balaban J connectivity index is 2.12. The van der Waals surface area contributed by atoms with Crippen molar-refractivity contribution in [3.05, 3.63) is 47.9 Å². The molecule has 0 fully saturated rings. The molecule has 2 aromatic rings. The molecule has 1 aromatic carbocycles. The number of amides is 1. The third-order valence-electron chi connectivity index (χ3n) is 3.19. The summed E-state index contributed by atoms with van der Waals surface area (Å²) in [6.45, 7) is 2.11. The molecule has 5 nitrogen and oxygen atoms in total. The summed E-state index contributed by atoms with van der Waals surface area (Å²) >= 11 is 0. The van der Waals surface area contributed by atoms with Crippen LogP contribution in [0, 0.1) is 5.82 Å². The molecule has 2 rings (SSSR count). The summed E-state index contributed by atoms with van der Waals surface area (Å²) < 4.78 is 20.3. The molecule has 0 spiro atoms. The highest BCUT2D eigenvalue weighted by atomic mass is 19.1. The molecule has 21 heavy (non-hydrogen) atoms. The average molecular weight is 291 g/mol. The number of hydrogen-bond donors (Lipinski definition) is 1. The van der Waals surface area contributed by atoms with Crippen molar-refractivity contribution in [3.8, 4) is 0 Å². The number of ether oxygens (including phenoxy) is 1. The minimum atomic E-state index is -0.512. The molecule has 6 heteroatoms. The van der Waals surface area contributed by atoms with Crippen molar-refractivity contribution in [2.24, 2.45) is 0 Å². The molecule has 0 saturated carbocycles. The van der Waals surface area contributed by atoms with E-state index in [0.717, 1.165) is 0 Å². The van der Waals surface area contributed by atoms with Crippen LogP contribution < -0.4 is 5.32 Å². The quantitative estimate of drug-likeness (QED) is 0.889. The van der Waals surface area contributed by atoms with E-state index < -0.39 is 6.10 Å². The van der Waals surface area contributed by atoms with Crippen molar-refractivity contribution in [2.75, 3.05) is 12.4 Å². The molecule has 1 amide bonds. The molecule has 1 heterocycles. The van der Waals surface area contributed by atoms with Gasteiger partial charge < -0.3 is 10.1 Å². The van der Waals surface area contributed by atoms with Crippen molar-refractivity contribution < 1.29 is 13.9 Å². The topological polar surface area (TPSA) is 56.1 Å². The normalized spacial score (nSPS) is 12.1. The second-order valence-electron chi connectivity index (χ2n) is 4.59. The van der Waals surface area contributed by atoms with Crippen LogP contribution >= 0.6 is 0 Å². The van der Waals surface area contributed by atoms with Gasteiger partial charge in [-0.05, 0) is 12.5 Å². The zero-order valence-electron chi connectivity index (χ0n) is 12.0. The van der Waals surface area contributed by atoms with Gasteiger partial charge in [-0.1, -0.05) is 25.1 Å². The lowest BCUT2D eigenvalue weighted by molar-refractivity contribution is -0.125. The summed E-state index contributed by atoms with van der Waals surface area (Å²) in [5.74, 6) is -0.0253. The lowest BCUT2D eigenvalue weighted by Gasteiger charge is -2.14. The van der Waals surface area contributed by atoms with E-state index >= 15 is 0 Å². The van der Waals surface area contributed by atoms with Crippen molar-refractivity contribution in [2.45, 2.75) is 26.0 Å². The molecule has 112 valence electrons. The molecular weight excluding hydrogens is 273 g/mol. The summed E-state index contributed by atoms with van der Waals surface area (Å²) in [5.41, 5.74) is 0.510. The molecule has 0 saturated heterocycles. The molecule has 0 bridgehead atoms. The fourth-order valence-electron chi connectivity index (χ4n) is 2.02. The smallest absolute Gasteiger partial charge is 0.254 e. The molecule has 0 aliphatic rings. The van der Waals surface area contributed by atoms with Gasteiger partial charge in [-0.25, -0.2) is 9.07 Å². The highest BCUT2D eigenvalue weighted by Crippen LogP contribution is 2.13. The van der Waals surface area contributed by atoms with E-state index in [0.29, 0.717) is 17.8 Å². The minimum absolute atomic E-state index is 0.240. The van der Waals surface area contributed by atoms with E-state index in [2.05, 4.69) is 10.4 Å². The lowest BCUT2D eigenvalue weighted by atomic mass is 10.2. The highest BCUT2D eigenvalue weighted by Gasteiger charge is 2.17. The minimum Gasteiger partial charge on any atom is -0.372 e. The Bertz CT molecular complexity index is 608. The number of nitrogens with one attached hydrogen (secondary N) is 1. The van der Waals surface area contributed by atoms with Gasteiger partial charge in [-0.2, -0.15) is 5.10 Å². The van der Waals surface area contributed by atoms with Gasteiger partial charge in [0.2, 0.25) is 0 Å². The van der Waals surface area contributed by atoms with Crippen LogP contribution in [0.25, 0.3) is 0 Å². The summed E-state index contributed by atoms with van der Waals surface area (Å²) in [6, 6.07) is 8.15. The van der Waals surface area contributed by atoms with Crippen LogP contribution in [0.2, 0.25) is 0 Å². The third kappa shape index (κ3) is 3.66. The maximum absolute atomic E-state index is 13.7. The second kappa shape index (κ2) is 6.99. The molecule has 1 atom stereocenters. The van der Waals surface area contributed by atoms with Crippen LogP contribution in [-0.2, 0) is 16.1 Å². The molecule has 0 aliphatic carbocycles. The Morgan fingerprint density at radius 3 is 2.86 bits per heavy atom. The number of nitrogens with zero attached hydrogens (tertiary/aromatic N) is 2. The maximum atomic E-state index is 13.7. The number of halogens is 1. The monoisotopic (exact) mass is 291 g/mol. The first-order chi connectivity index (χ1) is 10.2. The van der Waals surface area contributed by atoms with E-state index in [1.165, 1.54) is 13.2 Å². The third-order valence-corrected chi connectivity index (χ3v) is 3.19. The van der Waals surface area contributed by atoms with Crippen molar-refractivity contribution in [1.82, 2.24) is 9.78 Å². The predicted octanol–water partition coefficient (Wildman–Crippen LogP) is 2.43. The van der Waals surface area contributed by atoms with Crippen molar-refractivity contribution in [1.29, 1.82) is 0 Å². The van der Waals surface area contributed by atoms with Crippen LogP contribution in [-0.4, -0.2) is 28.9 Å². The number of carbonyl (C=O) groups is 1. The van der Waals surface area contributed by atoms with Crippen molar-refractivity contribution in [3.63, 3.8) is 0 Å². The fourth-order valence-corrected chi connectivity index (χ4v) is 2.02. The Kier molecular flexibility index (Phi) is 5.05. The Morgan fingerprint density at radius 2 is 2.19 bits per heavy atom. The summed E-state index contributed by atoms with van der Waals surface area (Å²) in [4.78, 5) is 12.0. The van der Waals surface area contributed by atoms with E-state index in [1.807, 2.05) is 6.92 Å². The maximum Gasteiger partial charge on any atom is 0.254 e. The van der Waals surface area contributed by atoms with Gasteiger partial charge in [0.15, 0.2) is 0 Å². The van der Waals surface area contributed by atoms with E-state index in [4.69, 9.17) is 4.74 Å². The lowest BCUT2D eigenvalue weighted by Crippen LogP contribution is -2.29. The Labute approximate surface area is 122 Å². The first-order valence-electron chi connectivity index (χ1n) is 6.74.